The number of nitro groups is 1. The maximum atomic E-state index is 12.6. The van der Waals surface area contributed by atoms with E-state index >= 15 is 0 Å². The van der Waals surface area contributed by atoms with E-state index in [9.17, 15) is 28.4 Å². The molecule has 0 bridgehead atoms. The molecular weight excluding hydrogens is 383 g/mol. The van der Waals surface area contributed by atoms with Crippen LogP contribution in [0.25, 0.3) is 0 Å². The summed E-state index contributed by atoms with van der Waals surface area (Å²) in [7, 11) is 0. The zero-order valence-corrected chi connectivity index (χ0v) is 14.5. The maximum absolute atomic E-state index is 12.6. The molecule has 1 heterocycles. The molecule has 0 aliphatic heterocycles. The summed E-state index contributed by atoms with van der Waals surface area (Å²) in [6.45, 7) is 0.735. The predicted molar refractivity (Wildman–Crippen MR) is 93.0 cm³/mol. The molecule has 0 saturated carbocycles. The van der Waals surface area contributed by atoms with Gasteiger partial charge in [0, 0.05) is 38.0 Å². The molecule has 1 aromatic heterocycles. The average Bonchev–Trinajstić information content (AvgIpc) is 2.66. The summed E-state index contributed by atoms with van der Waals surface area (Å²) in [6, 6.07) is 6.22. The van der Waals surface area contributed by atoms with Crippen molar-refractivity contribution in [3.63, 3.8) is 0 Å². The Morgan fingerprint density at radius 3 is 2.57 bits per heavy atom. The molecule has 2 rings (SSSR count). The van der Waals surface area contributed by atoms with Crippen LogP contribution < -0.4 is 15.4 Å². The Morgan fingerprint density at radius 1 is 1.21 bits per heavy atom. The molecule has 28 heavy (non-hydrogen) atoms. The van der Waals surface area contributed by atoms with Gasteiger partial charge < -0.3 is 20.5 Å². The summed E-state index contributed by atoms with van der Waals surface area (Å²) in [6.07, 6.45) is -4.36. The van der Waals surface area contributed by atoms with Gasteiger partial charge in [0.2, 0.25) is 5.95 Å². The van der Waals surface area contributed by atoms with Gasteiger partial charge in [0.25, 0.3) is 5.69 Å². The van der Waals surface area contributed by atoms with E-state index < -0.39 is 22.9 Å². The van der Waals surface area contributed by atoms with E-state index in [2.05, 4.69) is 20.6 Å². The molecular formula is C16H18F3N5O4. The first-order valence-electron chi connectivity index (χ1n) is 8.16. The average molecular weight is 401 g/mol. The lowest BCUT2D eigenvalue weighted by molar-refractivity contribution is -0.384. The molecule has 152 valence electrons. The Hall–Kier alpha value is -2.99. The first-order chi connectivity index (χ1) is 13.3. The van der Waals surface area contributed by atoms with Gasteiger partial charge >= 0.3 is 6.18 Å². The van der Waals surface area contributed by atoms with Crippen molar-refractivity contribution in [2.75, 3.05) is 31.6 Å². The van der Waals surface area contributed by atoms with Crippen molar-refractivity contribution in [3.8, 4) is 5.75 Å². The van der Waals surface area contributed by atoms with Crippen molar-refractivity contribution in [1.82, 2.24) is 15.3 Å². The van der Waals surface area contributed by atoms with Crippen molar-refractivity contribution >= 4 is 11.6 Å². The van der Waals surface area contributed by atoms with Crippen LogP contribution >= 0.6 is 0 Å². The number of nitrogens with zero attached hydrogens (tertiary/aromatic N) is 3. The number of nitro benzene ring substituents is 1. The van der Waals surface area contributed by atoms with Gasteiger partial charge in [0.05, 0.1) is 4.92 Å². The van der Waals surface area contributed by atoms with E-state index in [0.29, 0.717) is 12.3 Å². The van der Waals surface area contributed by atoms with Crippen LogP contribution in [0.5, 0.6) is 5.75 Å². The van der Waals surface area contributed by atoms with E-state index in [1.165, 1.54) is 24.3 Å². The van der Waals surface area contributed by atoms with Crippen molar-refractivity contribution < 1.29 is 27.9 Å². The highest BCUT2D eigenvalue weighted by Crippen LogP contribution is 2.27. The van der Waals surface area contributed by atoms with Crippen LogP contribution in [-0.2, 0) is 6.18 Å². The van der Waals surface area contributed by atoms with Gasteiger partial charge in [0.15, 0.2) is 0 Å². The molecule has 3 N–H and O–H groups in total. The molecule has 0 saturated heterocycles. The van der Waals surface area contributed by atoms with Gasteiger partial charge in [-0.1, -0.05) is 0 Å². The first-order valence-corrected chi connectivity index (χ1v) is 8.16. The monoisotopic (exact) mass is 401 g/mol. The summed E-state index contributed by atoms with van der Waals surface area (Å²) in [5.41, 5.74) is -1.09. The second-order valence-corrected chi connectivity index (χ2v) is 5.61. The van der Waals surface area contributed by atoms with Crippen molar-refractivity contribution in [1.29, 1.82) is 0 Å². The van der Waals surface area contributed by atoms with Crippen LogP contribution in [0.3, 0.4) is 0 Å². The van der Waals surface area contributed by atoms with Crippen molar-refractivity contribution in [2.24, 2.45) is 0 Å². The maximum Gasteiger partial charge on any atom is 0.433 e. The summed E-state index contributed by atoms with van der Waals surface area (Å²) in [5.74, 6) is 0.242. The quantitative estimate of drug-likeness (QED) is 0.313. The first kappa shape index (κ1) is 21.3. The molecule has 12 heteroatoms. The fourth-order valence-corrected chi connectivity index (χ4v) is 2.05. The van der Waals surface area contributed by atoms with E-state index in [1.54, 1.807) is 0 Å². The minimum absolute atomic E-state index is 0.0328. The van der Waals surface area contributed by atoms with E-state index in [4.69, 9.17) is 4.74 Å². The molecule has 2 aromatic rings. The van der Waals surface area contributed by atoms with Gasteiger partial charge in [-0.3, -0.25) is 10.1 Å². The minimum Gasteiger partial charge on any atom is -0.491 e. The number of halogens is 3. The van der Waals surface area contributed by atoms with E-state index in [0.717, 1.165) is 12.3 Å². The smallest absolute Gasteiger partial charge is 0.433 e. The third-order valence-electron chi connectivity index (χ3n) is 3.40. The number of anilines is 1. The lowest BCUT2D eigenvalue weighted by atomic mass is 10.3. The summed E-state index contributed by atoms with van der Waals surface area (Å²) < 4.78 is 43.0. The number of hydrogen-bond donors (Lipinski definition) is 3. The molecule has 0 aliphatic rings. The third kappa shape index (κ3) is 6.96. The molecule has 9 nitrogen and oxygen atoms in total. The highest BCUT2D eigenvalue weighted by Gasteiger charge is 2.32. The largest absolute Gasteiger partial charge is 0.491 e. The van der Waals surface area contributed by atoms with Crippen LogP contribution in [0.15, 0.2) is 36.5 Å². The van der Waals surface area contributed by atoms with Gasteiger partial charge in [-0.15, -0.1) is 0 Å². The van der Waals surface area contributed by atoms with Crippen molar-refractivity contribution in [2.45, 2.75) is 12.3 Å². The molecule has 1 atom stereocenters. The number of aromatic nitrogens is 2. The summed E-state index contributed by atoms with van der Waals surface area (Å²) >= 11 is 0. The van der Waals surface area contributed by atoms with Crippen LogP contribution in [-0.4, -0.2) is 52.3 Å². The van der Waals surface area contributed by atoms with Gasteiger partial charge in [-0.25, -0.2) is 9.97 Å². The summed E-state index contributed by atoms with van der Waals surface area (Å²) in [5, 5.41) is 25.9. The standard InChI is InChI=1S/C16H18F3N5O4/c17-16(18,19)14-5-6-21-15(23-14)22-8-7-20-9-12(25)10-28-13-3-1-11(2-4-13)24(26)27/h1-6,12,20,25H,7-10H2,(H,21,22,23)/t12-/m1/s1. The molecule has 1 aromatic carbocycles. The van der Waals surface area contributed by atoms with E-state index in [1.807, 2.05) is 0 Å². The number of alkyl halides is 3. The van der Waals surface area contributed by atoms with Crippen LogP contribution in [0, 0.1) is 10.1 Å². The van der Waals surface area contributed by atoms with Crippen LogP contribution in [0.1, 0.15) is 5.69 Å². The van der Waals surface area contributed by atoms with E-state index in [-0.39, 0.29) is 31.3 Å². The normalized spacial score (nSPS) is 12.4. The Morgan fingerprint density at radius 2 is 1.93 bits per heavy atom. The number of rotatable bonds is 10. The highest BCUT2D eigenvalue weighted by atomic mass is 19.4. The van der Waals surface area contributed by atoms with Crippen LogP contribution in [0.4, 0.5) is 24.8 Å². The van der Waals surface area contributed by atoms with Gasteiger partial charge in [0.1, 0.15) is 24.2 Å². The molecule has 0 unspecified atom stereocenters. The zero-order chi connectivity index (χ0) is 20.6. The zero-order valence-electron chi connectivity index (χ0n) is 14.5. The van der Waals surface area contributed by atoms with Crippen molar-refractivity contribution in [3.05, 3.63) is 52.3 Å². The fraction of sp³-hybridized carbons (Fsp3) is 0.375. The second-order valence-electron chi connectivity index (χ2n) is 5.61. The van der Waals surface area contributed by atoms with Gasteiger partial charge in [-0.2, -0.15) is 13.2 Å². The molecule has 0 spiro atoms. The fourth-order valence-electron chi connectivity index (χ4n) is 2.05. The van der Waals surface area contributed by atoms with Crippen LogP contribution in [0.2, 0.25) is 0 Å². The Bertz CT molecular complexity index is 774. The molecule has 0 fully saturated rings. The number of hydrogen-bond acceptors (Lipinski definition) is 8. The lowest BCUT2D eigenvalue weighted by Gasteiger charge is -2.13. The number of ether oxygens (including phenoxy) is 1. The molecule has 0 aliphatic carbocycles. The summed E-state index contributed by atoms with van der Waals surface area (Å²) in [4.78, 5) is 17.1. The number of aliphatic hydroxyl groups excluding tert-OH is 1. The lowest BCUT2D eigenvalue weighted by Crippen LogP contribution is -2.34. The predicted octanol–water partition coefficient (Wildman–Crippen LogP) is 1.84. The number of nitrogens with one attached hydrogen (secondary N) is 2. The third-order valence-corrected chi connectivity index (χ3v) is 3.40. The highest BCUT2D eigenvalue weighted by molar-refractivity contribution is 5.36. The van der Waals surface area contributed by atoms with Gasteiger partial charge in [-0.05, 0) is 18.2 Å². The topological polar surface area (TPSA) is 122 Å². The minimum atomic E-state index is -4.54. The number of benzene rings is 1. The Labute approximate surface area is 157 Å². The Balaban J connectivity index is 1.63. The number of aliphatic hydroxyl groups is 1. The Kier molecular flexibility index (Phi) is 7.46. The molecule has 0 amide bonds. The SMILES string of the molecule is O=[N+]([O-])c1ccc(OC[C@H](O)CNCCNc2nccc(C(F)(F)F)n2)cc1. The number of non-ortho nitro benzene ring substituents is 1. The molecule has 0 radical (unpaired) electrons. The second kappa shape index (κ2) is 9.80.